The second-order valence-electron chi connectivity index (χ2n) is 8.23. The minimum Gasteiger partial charge on any atom is -0.354 e. The Labute approximate surface area is 225 Å². The molecule has 3 rings (SSSR count). The van der Waals surface area contributed by atoms with Gasteiger partial charge in [-0.25, -0.2) is 0 Å². The molecule has 0 saturated heterocycles. The maximum atomic E-state index is 13.6. The van der Waals surface area contributed by atoms with Gasteiger partial charge in [0.2, 0.25) is 11.8 Å². The van der Waals surface area contributed by atoms with Gasteiger partial charge in [-0.1, -0.05) is 95.1 Å². The van der Waals surface area contributed by atoms with Crippen molar-refractivity contribution in [1.82, 2.24) is 10.2 Å². The number of hydrogen-bond acceptors (Lipinski definition) is 3. The first kappa shape index (κ1) is 27.3. The summed E-state index contributed by atoms with van der Waals surface area (Å²) in [6, 6.07) is 24.7. The molecule has 3 aromatic rings. The molecule has 0 aliphatic carbocycles. The first-order valence-corrected chi connectivity index (χ1v) is 14.0. The van der Waals surface area contributed by atoms with Crippen molar-refractivity contribution in [3.05, 3.63) is 105 Å². The van der Waals surface area contributed by atoms with E-state index < -0.39 is 6.04 Å². The van der Waals surface area contributed by atoms with E-state index >= 15 is 0 Å². The second-order valence-corrected chi connectivity index (χ2v) is 10.5. The summed E-state index contributed by atoms with van der Waals surface area (Å²) in [4.78, 5) is 28.6. The van der Waals surface area contributed by atoms with Gasteiger partial charge in [0.1, 0.15) is 6.04 Å². The summed E-state index contributed by atoms with van der Waals surface area (Å²) >= 11 is 11.3. The summed E-state index contributed by atoms with van der Waals surface area (Å²) in [5.74, 6) is 0.678. The van der Waals surface area contributed by atoms with Gasteiger partial charge in [-0.3, -0.25) is 9.59 Å². The predicted molar refractivity (Wildman–Crippen MR) is 150 cm³/mol. The molecular formula is C28H30BrClN2O2S. The molecule has 2 amide bonds. The quantitative estimate of drug-likeness (QED) is 0.269. The van der Waals surface area contributed by atoms with E-state index in [1.54, 1.807) is 4.90 Å². The first-order chi connectivity index (χ1) is 17.0. The van der Waals surface area contributed by atoms with Crippen LogP contribution in [-0.4, -0.2) is 35.1 Å². The lowest BCUT2D eigenvalue weighted by atomic mass is 10.0. The van der Waals surface area contributed by atoms with Crippen molar-refractivity contribution in [3.63, 3.8) is 0 Å². The van der Waals surface area contributed by atoms with E-state index in [0.29, 0.717) is 30.3 Å². The number of halogens is 2. The number of carbonyl (C=O) groups is 2. The Bertz CT molecular complexity index is 1110. The minimum atomic E-state index is -0.614. The fourth-order valence-electron chi connectivity index (χ4n) is 3.70. The maximum Gasteiger partial charge on any atom is 0.243 e. The molecule has 0 spiro atoms. The van der Waals surface area contributed by atoms with E-state index in [9.17, 15) is 9.59 Å². The molecule has 0 radical (unpaired) electrons. The van der Waals surface area contributed by atoms with Gasteiger partial charge in [-0.2, -0.15) is 0 Å². The smallest absolute Gasteiger partial charge is 0.243 e. The molecule has 1 N–H and O–H groups in total. The van der Waals surface area contributed by atoms with Crippen molar-refractivity contribution < 1.29 is 9.59 Å². The average Bonchev–Trinajstić information content (AvgIpc) is 2.86. The normalized spacial score (nSPS) is 11.6. The van der Waals surface area contributed by atoms with Gasteiger partial charge in [-0.15, -0.1) is 11.8 Å². The molecule has 0 saturated carbocycles. The lowest BCUT2D eigenvalue weighted by molar-refractivity contribution is -0.139. The number of rotatable bonds is 12. The van der Waals surface area contributed by atoms with Crippen molar-refractivity contribution in [3.8, 4) is 0 Å². The topological polar surface area (TPSA) is 49.4 Å². The fraction of sp³-hybridized carbons (Fsp3) is 0.286. The molecule has 0 aliphatic rings. The number of carbonyl (C=O) groups excluding carboxylic acids is 2. The standard InChI is InChI=1S/C28H30BrClN2O2S/c1-2-15-31-28(34)26(17-21-9-4-3-5-10-21)32(18-22-11-8-13-24(29)16-22)27(33)20-35-19-23-12-6-7-14-25(23)30/h3-14,16,26H,2,15,17-20H2,1H3,(H,31,34). The van der Waals surface area contributed by atoms with E-state index in [-0.39, 0.29) is 17.6 Å². The van der Waals surface area contributed by atoms with Crippen molar-refractivity contribution in [2.24, 2.45) is 0 Å². The Morgan fingerprint density at radius 3 is 2.43 bits per heavy atom. The lowest BCUT2D eigenvalue weighted by Crippen LogP contribution is -2.51. The Hall–Kier alpha value is -2.28. The SMILES string of the molecule is CCCNC(=O)C(Cc1ccccc1)N(Cc1cccc(Br)c1)C(=O)CSCc1ccccc1Cl. The summed E-state index contributed by atoms with van der Waals surface area (Å²) in [5.41, 5.74) is 2.97. The third-order valence-electron chi connectivity index (χ3n) is 5.50. The highest BCUT2D eigenvalue weighted by Gasteiger charge is 2.30. The van der Waals surface area contributed by atoms with Crippen LogP contribution in [0.5, 0.6) is 0 Å². The van der Waals surface area contributed by atoms with Crippen LogP contribution in [0.4, 0.5) is 0 Å². The van der Waals surface area contributed by atoms with Crippen molar-refractivity contribution in [2.45, 2.75) is 38.1 Å². The molecule has 1 unspecified atom stereocenters. The third kappa shape index (κ3) is 8.71. The molecule has 1 atom stereocenters. The molecule has 0 aliphatic heterocycles. The van der Waals surface area contributed by atoms with Crippen LogP contribution in [0.2, 0.25) is 5.02 Å². The molecular weight excluding hydrogens is 544 g/mol. The van der Waals surface area contributed by atoms with Crippen LogP contribution in [-0.2, 0) is 28.3 Å². The van der Waals surface area contributed by atoms with Crippen LogP contribution >= 0.6 is 39.3 Å². The Kier molecular flexibility index (Phi) is 11.2. The monoisotopic (exact) mass is 572 g/mol. The van der Waals surface area contributed by atoms with Crippen molar-refractivity contribution in [1.29, 1.82) is 0 Å². The molecule has 0 bridgehead atoms. The lowest BCUT2D eigenvalue weighted by Gasteiger charge is -2.31. The van der Waals surface area contributed by atoms with Gasteiger partial charge < -0.3 is 10.2 Å². The third-order valence-corrected chi connectivity index (χ3v) is 7.33. The number of nitrogens with one attached hydrogen (secondary N) is 1. The molecule has 3 aromatic carbocycles. The minimum absolute atomic E-state index is 0.0744. The van der Waals surface area contributed by atoms with Gasteiger partial charge in [0.25, 0.3) is 0 Å². The second kappa shape index (κ2) is 14.3. The summed E-state index contributed by atoms with van der Waals surface area (Å²) in [7, 11) is 0. The van der Waals surface area contributed by atoms with Gasteiger partial charge in [0.15, 0.2) is 0 Å². The zero-order valence-electron chi connectivity index (χ0n) is 19.8. The largest absolute Gasteiger partial charge is 0.354 e. The first-order valence-electron chi connectivity index (χ1n) is 11.6. The van der Waals surface area contributed by atoms with Gasteiger partial charge in [0.05, 0.1) is 5.75 Å². The molecule has 0 fully saturated rings. The summed E-state index contributed by atoms with van der Waals surface area (Å²) in [5, 5.41) is 3.70. The highest BCUT2D eigenvalue weighted by Crippen LogP contribution is 2.23. The van der Waals surface area contributed by atoms with Gasteiger partial charge >= 0.3 is 0 Å². The summed E-state index contributed by atoms with van der Waals surface area (Å²) in [6.45, 7) is 2.94. The maximum absolute atomic E-state index is 13.6. The van der Waals surface area contributed by atoms with Crippen molar-refractivity contribution >= 4 is 51.1 Å². The number of benzene rings is 3. The van der Waals surface area contributed by atoms with Crippen LogP contribution in [0, 0.1) is 0 Å². The number of nitrogens with zero attached hydrogens (tertiary/aromatic N) is 1. The molecule has 184 valence electrons. The number of amides is 2. The van der Waals surface area contributed by atoms with Crippen molar-refractivity contribution in [2.75, 3.05) is 12.3 Å². The average molecular weight is 574 g/mol. The zero-order valence-corrected chi connectivity index (χ0v) is 22.9. The van der Waals surface area contributed by atoms with E-state index in [2.05, 4.69) is 21.2 Å². The zero-order chi connectivity index (χ0) is 25.0. The van der Waals surface area contributed by atoms with Crippen LogP contribution in [0.25, 0.3) is 0 Å². The Morgan fingerprint density at radius 2 is 1.71 bits per heavy atom. The summed E-state index contributed by atoms with van der Waals surface area (Å²) < 4.78 is 0.936. The van der Waals surface area contributed by atoms with Gasteiger partial charge in [0, 0.05) is 34.8 Å². The Balaban J connectivity index is 1.84. The highest BCUT2D eigenvalue weighted by molar-refractivity contribution is 9.10. The van der Waals surface area contributed by atoms with Crippen LogP contribution in [0.1, 0.15) is 30.0 Å². The van der Waals surface area contributed by atoms with Crippen LogP contribution < -0.4 is 5.32 Å². The summed E-state index contributed by atoms with van der Waals surface area (Å²) in [6.07, 6.45) is 1.28. The number of hydrogen-bond donors (Lipinski definition) is 1. The van der Waals surface area contributed by atoms with Gasteiger partial charge in [-0.05, 0) is 41.3 Å². The molecule has 0 aromatic heterocycles. The molecule has 35 heavy (non-hydrogen) atoms. The van der Waals surface area contributed by atoms with Crippen LogP contribution in [0.3, 0.4) is 0 Å². The molecule has 7 heteroatoms. The van der Waals surface area contributed by atoms with E-state index in [1.165, 1.54) is 11.8 Å². The number of thioether (sulfide) groups is 1. The Morgan fingerprint density at radius 1 is 1.00 bits per heavy atom. The highest BCUT2D eigenvalue weighted by atomic mass is 79.9. The van der Waals surface area contributed by atoms with E-state index in [0.717, 1.165) is 27.6 Å². The van der Waals surface area contributed by atoms with E-state index in [4.69, 9.17) is 11.6 Å². The molecule has 4 nitrogen and oxygen atoms in total. The predicted octanol–water partition coefficient (Wildman–Crippen LogP) is 6.50. The molecule has 0 heterocycles. The van der Waals surface area contributed by atoms with E-state index in [1.807, 2.05) is 85.8 Å². The van der Waals surface area contributed by atoms with Crippen LogP contribution in [0.15, 0.2) is 83.3 Å². The fourth-order valence-corrected chi connectivity index (χ4v) is 5.34.